The highest BCUT2D eigenvalue weighted by atomic mass is 35.5. The molecule has 0 amide bonds. The van der Waals surface area contributed by atoms with Crippen LogP contribution in [0.3, 0.4) is 0 Å². The molecule has 0 atom stereocenters. The molecular formula is C11H4Cl5N. The minimum Gasteiger partial charge on any atom is -0.244 e. The lowest BCUT2D eigenvalue weighted by molar-refractivity contribution is 1.33. The first-order chi connectivity index (χ1) is 8.00. The Bertz CT molecular complexity index is 562. The quantitative estimate of drug-likeness (QED) is 0.461. The van der Waals surface area contributed by atoms with E-state index in [0.717, 1.165) is 0 Å². The van der Waals surface area contributed by atoms with Crippen molar-refractivity contribution in [3.8, 4) is 11.1 Å². The molecular weight excluding hydrogens is 323 g/mol. The van der Waals surface area contributed by atoms with Crippen molar-refractivity contribution in [2.24, 2.45) is 0 Å². The van der Waals surface area contributed by atoms with Gasteiger partial charge in [-0.3, -0.25) is 0 Å². The fraction of sp³-hybridized carbons (Fsp3) is 0. The Morgan fingerprint density at radius 2 is 1.41 bits per heavy atom. The monoisotopic (exact) mass is 325 g/mol. The van der Waals surface area contributed by atoms with Gasteiger partial charge in [0.2, 0.25) is 0 Å². The van der Waals surface area contributed by atoms with E-state index >= 15 is 0 Å². The van der Waals surface area contributed by atoms with Gasteiger partial charge < -0.3 is 0 Å². The third-order valence-electron chi connectivity index (χ3n) is 2.13. The molecule has 1 aromatic carbocycles. The summed E-state index contributed by atoms with van der Waals surface area (Å²) in [4.78, 5) is 3.96. The third-order valence-corrected chi connectivity index (χ3v) is 3.77. The third kappa shape index (κ3) is 2.64. The SMILES string of the molecule is Clc1cc(Cl)c(-c2c(Cl)ccnc2Cl)cc1Cl. The van der Waals surface area contributed by atoms with Gasteiger partial charge in [-0.05, 0) is 18.2 Å². The van der Waals surface area contributed by atoms with E-state index < -0.39 is 0 Å². The second kappa shape index (κ2) is 5.21. The van der Waals surface area contributed by atoms with Gasteiger partial charge in [-0.2, -0.15) is 0 Å². The van der Waals surface area contributed by atoms with Crippen LogP contribution in [-0.4, -0.2) is 4.98 Å². The number of hydrogen-bond donors (Lipinski definition) is 0. The second-order valence-corrected chi connectivity index (χ2v) is 5.19. The largest absolute Gasteiger partial charge is 0.244 e. The Balaban J connectivity index is 2.73. The van der Waals surface area contributed by atoms with Crippen molar-refractivity contribution in [1.29, 1.82) is 0 Å². The van der Waals surface area contributed by atoms with E-state index in [-0.39, 0.29) is 5.15 Å². The fourth-order valence-electron chi connectivity index (χ4n) is 1.37. The molecule has 0 aliphatic rings. The van der Waals surface area contributed by atoms with Crippen molar-refractivity contribution < 1.29 is 0 Å². The van der Waals surface area contributed by atoms with Crippen LogP contribution >= 0.6 is 58.0 Å². The maximum Gasteiger partial charge on any atom is 0.138 e. The van der Waals surface area contributed by atoms with Gasteiger partial charge in [-0.25, -0.2) is 4.98 Å². The van der Waals surface area contributed by atoms with Gasteiger partial charge in [-0.15, -0.1) is 0 Å². The molecule has 0 aliphatic heterocycles. The maximum atomic E-state index is 6.09. The molecule has 0 saturated heterocycles. The topological polar surface area (TPSA) is 12.9 Å². The molecule has 0 saturated carbocycles. The highest BCUT2D eigenvalue weighted by molar-refractivity contribution is 6.45. The second-order valence-electron chi connectivity index (χ2n) is 3.20. The van der Waals surface area contributed by atoms with Crippen LogP contribution in [0.4, 0.5) is 0 Å². The number of aromatic nitrogens is 1. The van der Waals surface area contributed by atoms with Crippen LogP contribution in [0.1, 0.15) is 0 Å². The van der Waals surface area contributed by atoms with Gasteiger partial charge in [-0.1, -0.05) is 58.0 Å². The molecule has 6 heteroatoms. The first-order valence-corrected chi connectivity index (χ1v) is 6.34. The Kier molecular flexibility index (Phi) is 4.06. The first kappa shape index (κ1) is 13.3. The fourth-order valence-corrected chi connectivity index (χ4v) is 2.57. The van der Waals surface area contributed by atoms with Gasteiger partial charge in [0.1, 0.15) is 5.15 Å². The summed E-state index contributed by atoms with van der Waals surface area (Å²) in [7, 11) is 0. The van der Waals surface area contributed by atoms with Crippen LogP contribution < -0.4 is 0 Å². The summed E-state index contributed by atoms with van der Waals surface area (Å²) in [6.07, 6.45) is 1.51. The normalized spacial score (nSPS) is 10.6. The summed E-state index contributed by atoms with van der Waals surface area (Å²) in [5.74, 6) is 0. The summed E-state index contributed by atoms with van der Waals surface area (Å²) in [5.41, 5.74) is 1.14. The van der Waals surface area contributed by atoms with E-state index in [2.05, 4.69) is 4.98 Å². The van der Waals surface area contributed by atoms with Gasteiger partial charge in [0.15, 0.2) is 0 Å². The highest BCUT2D eigenvalue weighted by Crippen LogP contribution is 2.40. The van der Waals surface area contributed by atoms with Crippen LogP contribution in [0.2, 0.25) is 25.2 Å². The van der Waals surface area contributed by atoms with Crippen LogP contribution in [0.25, 0.3) is 11.1 Å². The van der Waals surface area contributed by atoms with Crippen molar-refractivity contribution >= 4 is 58.0 Å². The molecule has 0 aliphatic carbocycles. The van der Waals surface area contributed by atoms with Crippen LogP contribution in [0, 0.1) is 0 Å². The lowest BCUT2D eigenvalue weighted by atomic mass is 10.1. The van der Waals surface area contributed by atoms with E-state index in [0.29, 0.717) is 31.2 Å². The van der Waals surface area contributed by atoms with Crippen LogP contribution in [0.15, 0.2) is 24.4 Å². The van der Waals surface area contributed by atoms with E-state index in [9.17, 15) is 0 Å². The predicted octanol–water partition coefficient (Wildman–Crippen LogP) is 6.02. The number of hydrogen-bond acceptors (Lipinski definition) is 1. The van der Waals surface area contributed by atoms with Gasteiger partial charge in [0.25, 0.3) is 0 Å². The molecule has 0 fully saturated rings. The van der Waals surface area contributed by atoms with Gasteiger partial charge in [0, 0.05) is 17.3 Å². The molecule has 0 radical (unpaired) electrons. The van der Waals surface area contributed by atoms with Crippen molar-refractivity contribution in [1.82, 2.24) is 4.98 Å². The minimum absolute atomic E-state index is 0.262. The first-order valence-electron chi connectivity index (χ1n) is 4.45. The Hall–Kier alpha value is -0.180. The summed E-state index contributed by atoms with van der Waals surface area (Å²) in [6.45, 7) is 0. The number of halogens is 5. The number of benzene rings is 1. The molecule has 88 valence electrons. The average molecular weight is 327 g/mol. The van der Waals surface area contributed by atoms with Crippen LogP contribution in [0.5, 0.6) is 0 Å². The molecule has 0 spiro atoms. The molecule has 1 nitrogen and oxygen atoms in total. The number of nitrogens with zero attached hydrogens (tertiary/aromatic N) is 1. The Morgan fingerprint density at radius 3 is 2.06 bits per heavy atom. The van der Waals surface area contributed by atoms with E-state index in [4.69, 9.17) is 58.0 Å². The van der Waals surface area contributed by atoms with E-state index in [1.54, 1.807) is 18.2 Å². The maximum absolute atomic E-state index is 6.09. The molecule has 1 aromatic heterocycles. The number of pyridine rings is 1. The van der Waals surface area contributed by atoms with Gasteiger partial charge in [0.05, 0.1) is 20.1 Å². The lowest BCUT2D eigenvalue weighted by Gasteiger charge is -2.09. The molecule has 0 unspecified atom stereocenters. The van der Waals surface area contributed by atoms with Crippen molar-refractivity contribution in [2.75, 3.05) is 0 Å². The zero-order valence-electron chi connectivity index (χ0n) is 8.15. The summed E-state index contributed by atoms with van der Waals surface area (Å²) in [5, 5.41) is 1.87. The Morgan fingerprint density at radius 1 is 0.765 bits per heavy atom. The molecule has 0 N–H and O–H groups in total. The smallest absolute Gasteiger partial charge is 0.138 e. The van der Waals surface area contributed by atoms with Crippen molar-refractivity contribution in [3.05, 3.63) is 49.6 Å². The Labute approximate surface area is 123 Å². The zero-order valence-corrected chi connectivity index (χ0v) is 11.9. The van der Waals surface area contributed by atoms with Gasteiger partial charge >= 0.3 is 0 Å². The summed E-state index contributed by atoms with van der Waals surface area (Å²) >= 11 is 30.0. The predicted molar refractivity (Wildman–Crippen MR) is 74.7 cm³/mol. The van der Waals surface area contributed by atoms with E-state index in [1.807, 2.05) is 0 Å². The molecule has 2 aromatic rings. The molecule has 2 rings (SSSR count). The molecule has 17 heavy (non-hydrogen) atoms. The standard InChI is InChI=1S/C11H4Cl5N/c12-6-1-2-17-11(16)10(6)5-3-8(14)9(15)4-7(5)13/h1-4H. The average Bonchev–Trinajstić information content (AvgIpc) is 2.25. The lowest BCUT2D eigenvalue weighted by Crippen LogP contribution is -1.87. The van der Waals surface area contributed by atoms with E-state index in [1.165, 1.54) is 6.20 Å². The van der Waals surface area contributed by atoms with Crippen molar-refractivity contribution in [2.45, 2.75) is 0 Å². The molecule has 1 heterocycles. The summed E-state index contributed by atoms with van der Waals surface area (Å²) in [6, 6.07) is 4.78. The zero-order chi connectivity index (χ0) is 12.6. The highest BCUT2D eigenvalue weighted by Gasteiger charge is 2.14. The summed E-state index contributed by atoms with van der Waals surface area (Å²) < 4.78 is 0. The minimum atomic E-state index is 0.262. The van der Waals surface area contributed by atoms with Crippen molar-refractivity contribution in [3.63, 3.8) is 0 Å². The van der Waals surface area contributed by atoms with Crippen LogP contribution in [-0.2, 0) is 0 Å². The molecule has 0 bridgehead atoms. The number of rotatable bonds is 1.